The lowest BCUT2D eigenvalue weighted by molar-refractivity contribution is 0.0500. The number of aromatic hydroxyl groups is 1. The number of rotatable bonds is 5. The second-order valence-corrected chi connectivity index (χ2v) is 9.72. The molecule has 13 heteroatoms. The maximum absolute atomic E-state index is 14.6. The van der Waals surface area contributed by atoms with Crippen molar-refractivity contribution in [3.05, 3.63) is 40.4 Å². The molecule has 2 unspecified atom stereocenters. The summed E-state index contributed by atoms with van der Waals surface area (Å²) in [5.41, 5.74) is -0.851. The monoisotopic (exact) mass is 487 g/mol. The zero-order valence-corrected chi connectivity index (χ0v) is 19.7. The summed E-state index contributed by atoms with van der Waals surface area (Å²) in [4.78, 5) is 22.8. The molecule has 186 valence electrons. The Morgan fingerprint density at radius 2 is 2.00 bits per heavy atom. The van der Waals surface area contributed by atoms with Crippen LogP contribution in [0, 0.1) is 11.6 Å². The van der Waals surface area contributed by atoms with Crippen molar-refractivity contribution in [2.45, 2.75) is 57.2 Å². The van der Waals surface area contributed by atoms with Gasteiger partial charge in [-0.3, -0.25) is 4.90 Å². The fourth-order valence-electron chi connectivity index (χ4n) is 5.24. The van der Waals surface area contributed by atoms with Crippen LogP contribution in [0.15, 0.2) is 23.1 Å². The maximum atomic E-state index is 14.6. The van der Waals surface area contributed by atoms with Crippen molar-refractivity contribution in [1.29, 1.82) is 0 Å². The van der Waals surface area contributed by atoms with Crippen molar-refractivity contribution in [3.63, 3.8) is 0 Å². The average molecular weight is 488 g/mol. The summed E-state index contributed by atoms with van der Waals surface area (Å²) in [6, 6.07) is 2.49. The van der Waals surface area contributed by atoms with E-state index in [1.807, 2.05) is 0 Å². The molecule has 3 N–H and O–H groups in total. The third-order valence-corrected chi connectivity index (χ3v) is 6.80. The second kappa shape index (κ2) is 8.56. The lowest BCUT2D eigenvalue weighted by atomic mass is 9.84. The zero-order chi connectivity index (χ0) is 24.9. The van der Waals surface area contributed by atoms with Gasteiger partial charge in [-0.2, -0.15) is 14.3 Å². The van der Waals surface area contributed by atoms with E-state index in [4.69, 9.17) is 0 Å². The highest BCUT2D eigenvalue weighted by Crippen LogP contribution is 2.38. The molecular weight excluding hydrogens is 460 g/mol. The Kier molecular flexibility index (Phi) is 5.66. The van der Waals surface area contributed by atoms with Crippen LogP contribution in [0.5, 0.6) is 5.75 Å². The molecule has 0 amide bonds. The molecule has 0 bridgehead atoms. The van der Waals surface area contributed by atoms with Gasteiger partial charge in [0, 0.05) is 30.7 Å². The van der Waals surface area contributed by atoms with Gasteiger partial charge in [-0.25, -0.2) is 18.6 Å². The Morgan fingerprint density at radius 3 is 2.74 bits per heavy atom. The molecule has 3 aromatic rings. The number of hydrogen-bond donors (Lipinski definition) is 3. The number of hydrogen-bond acceptors (Lipinski definition) is 9. The number of nitrogens with one attached hydrogen (secondary N) is 2. The van der Waals surface area contributed by atoms with E-state index in [-0.39, 0.29) is 34.7 Å². The van der Waals surface area contributed by atoms with Crippen molar-refractivity contribution in [3.8, 4) is 11.4 Å². The highest BCUT2D eigenvalue weighted by Gasteiger charge is 2.43. The first-order valence-electron chi connectivity index (χ1n) is 11.5. The lowest BCUT2D eigenvalue weighted by Crippen LogP contribution is -2.55. The topological polar surface area (TPSA) is 126 Å². The first-order chi connectivity index (χ1) is 16.6. The van der Waals surface area contributed by atoms with E-state index in [2.05, 4.69) is 49.8 Å². The number of phenols is 1. The van der Waals surface area contributed by atoms with E-state index >= 15 is 0 Å². The Balaban J connectivity index is 1.39. The van der Waals surface area contributed by atoms with Gasteiger partial charge in [-0.15, -0.1) is 0 Å². The number of anilines is 3. The van der Waals surface area contributed by atoms with Gasteiger partial charge in [-0.05, 0) is 62.6 Å². The molecule has 4 heterocycles. The number of benzene rings is 1. The summed E-state index contributed by atoms with van der Waals surface area (Å²) >= 11 is 0. The van der Waals surface area contributed by atoms with Gasteiger partial charge >= 0.3 is 5.69 Å². The normalized spacial score (nSPS) is 21.6. The summed E-state index contributed by atoms with van der Waals surface area (Å²) < 4.78 is 31.0. The average Bonchev–Trinajstić information content (AvgIpc) is 3.40. The molecule has 2 saturated heterocycles. The Hall–Kier alpha value is -3.61. The van der Waals surface area contributed by atoms with Gasteiger partial charge in [0.05, 0.1) is 11.9 Å². The number of fused-ring (bicyclic) bond motifs is 1. The quantitative estimate of drug-likeness (QED) is 0.465. The Morgan fingerprint density at radius 1 is 1.20 bits per heavy atom. The third-order valence-electron chi connectivity index (χ3n) is 6.80. The molecule has 1 aromatic carbocycles. The maximum Gasteiger partial charge on any atom is 0.368 e. The van der Waals surface area contributed by atoms with Crippen molar-refractivity contribution < 1.29 is 13.9 Å². The highest BCUT2D eigenvalue weighted by molar-refractivity contribution is 5.63. The first-order valence-corrected chi connectivity index (χ1v) is 11.5. The van der Waals surface area contributed by atoms with Gasteiger partial charge in [0.2, 0.25) is 5.95 Å². The fourth-order valence-corrected chi connectivity index (χ4v) is 5.24. The predicted octanol–water partition coefficient (Wildman–Crippen LogP) is 2.30. The smallest absolute Gasteiger partial charge is 0.368 e. The van der Waals surface area contributed by atoms with Crippen LogP contribution in [0.4, 0.5) is 26.2 Å². The van der Waals surface area contributed by atoms with E-state index in [9.17, 15) is 18.7 Å². The van der Waals surface area contributed by atoms with Crippen LogP contribution in [0.25, 0.3) is 5.69 Å². The van der Waals surface area contributed by atoms with E-state index in [1.54, 1.807) is 0 Å². The summed E-state index contributed by atoms with van der Waals surface area (Å²) in [5.74, 6) is -1.95. The minimum Gasteiger partial charge on any atom is -0.506 e. The summed E-state index contributed by atoms with van der Waals surface area (Å²) in [6.45, 7) is 5.49. The molecule has 2 fully saturated rings. The van der Waals surface area contributed by atoms with Crippen LogP contribution in [0.2, 0.25) is 0 Å². The molecule has 5 rings (SSSR count). The van der Waals surface area contributed by atoms with Gasteiger partial charge in [0.25, 0.3) is 0 Å². The van der Waals surface area contributed by atoms with Crippen LogP contribution in [-0.2, 0) is 7.05 Å². The summed E-state index contributed by atoms with van der Waals surface area (Å²) in [6.07, 6.45) is 5.02. The predicted molar refractivity (Wildman–Crippen MR) is 124 cm³/mol. The SMILES string of the molecule is Cn1nnn(-c2cc(Nc3ncc(F)c(NC4CC5CCCN5C(C)(C)C4)n3)c(F)cc2O)c1=O. The van der Waals surface area contributed by atoms with Crippen molar-refractivity contribution in [2.24, 2.45) is 7.05 Å². The lowest BCUT2D eigenvalue weighted by Gasteiger charge is -2.47. The molecule has 2 aliphatic rings. The Labute approximate surface area is 199 Å². The van der Waals surface area contributed by atoms with E-state index in [0.29, 0.717) is 6.04 Å². The highest BCUT2D eigenvalue weighted by atomic mass is 19.1. The zero-order valence-electron chi connectivity index (χ0n) is 19.7. The first kappa shape index (κ1) is 23.1. The number of phenolic OH excluding ortho intramolecular Hbond substituents is 1. The molecule has 2 atom stereocenters. The molecule has 11 nitrogen and oxygen atoms in total. The molecule has 0 saturated carbocycles. The van der Waals surface area contributed by atoms with Crippen LogP contribution < -0.4 is 16.3 Å². The molecular formula is C22H27F2N9O2. The standard InChI is InChI=1S/C22H27F2N9O2/c1-22(2)10-12(7-13-5-4-6-32(13)22)26-19-15(24)11-25-20(28-19)27-16-9-17(18(34)8-14(16)23)33-21(35)31(3)29-30-33/h8-9,11-13,34H,4-7,10H2,1-3H3,(H2,25,26,27,28). The molecule has 2 aliphatic heterocycles. The summed E-state index contributed by atoms with van der Waals surface area (Å²) in [7, 11) is 1.39. The van der Waals surface area contributed by atoms with Crippen molar-refractivity contribution in [2.75, 3.05) is 17.2 Å². The number of piperidine rings is 1. The van der Waals surface area contributed by atoms with Gasteiger partial charge in [0.15, 0.2) is 17.5 Å². The number of tetrazole rings is 1. The molecule has 0 radical (unpaired) electrons. The van der Waals surface area contributed by atoms with Gasteiger partial charge in [0.1, 0.15) is 11.4 Å². The largest absolute Gasteiger partial charge is 0.506 e. The van der Waals surface area contributed by atoms with E-state index in [1.165, 1.54) is 13.1 Å². The minimum atomic E-state index is -0.819. The van der Waals surface area contributed by atoms with Gasteiger partial charge < -0.3 is 15.7 Å². The van der Waals surface area contributed by atoms with Crippen molar-refractivity contribution in [1.82, 2.24) is 34.7 Å². The van der Waals surface area contributed by atoms with Crippen LogP contribution >= 0.6 is 0 Å². The number of nitrogens with zero attached hydrogens (tertiary/aromatic N) is 7. The van der Waals surface area contributed by atoms with Crippen LogP contribution in [-0.4, -0.2) is 63.9 Å². The Bertz CT molecular complexity index is 1320. The van der Waals surface area contributed by atoms with E-state index in [0.717, 1.165) is 53.9 Å². The van der Waals surface area contributed by atoms with Crippen LogP contribution in [0.3, 0.4) is 0 Å². The van der Waals surface area contributed by atoms with E-state index < -0.39 is 23.1 Å². The van der Waals surface area contributed by atoms with Gasteiger partial charge in [-0.1, -0.05) is 0 Å². The third kappa shape index (κ3) is 4.31. The summed E-state index contributed by atoms with van der Waals surface area (Å²) in [5, 5.41) is 23.3. The number of halogens is 2. The molecule has 0 aliphatic carbocycles. The number of aromatic nitrogens is 6. The molecule has 0 spiro atoms. The fraction of sp³-hybridized carbons (Fsp3) is 0.500. The minimum absolute atomic E-state index is 0.00828. The second-order valence-electron chi connectivity index (χ2n) is 9.72. The van der Waals surface area contributed by atoms with Crippen molar-refractivity contribution >= 4 is 17.5 Å². The van der Waals surface area contributed by atoms with Crippen LogP contribution in [0.1, 0.15) is 39.5 Å². The molecule has 2 aromatic heterocycles. The number of aryl methyl sites for hydroxylation is 1. The molecule has 35 heavy (non-hydrogen) atoms.